The molecule has 4 nitrogen and oxygen atoms in total. The number of nitrogens with one attached hydrogen (secondary N) is 2. The zero-order chi connectivity index (χ0) is 16.0. The Morgan fingerprint density at radius 2 is 2.10 bits per heavy atom. The van der Waals surface area contributed by atoms with Gasteiger partial charge >= 0.3 is 0 Å². The van der Waals surface area contributed by atoms with Crippen molar-refractivity contribution in [2.75, 3.05) is 7.05 Å². The molecule has 0 aromatic heterocycles. The van der Waals surface area contributed by atoms with Crippen molar-refractivity contribution in [2.45, 2.75) is 52.3 Å². The van der Waals surface area contributed by atoms with Crippen LogP contribution >= 0.6 is 11.6 Å². The molecule has 0 spiro atoms. The van der Waals surface area contributed by atoms with Gasteiger partial charge in [0.15, 0.2) is 6.10 Å². The van der Waals surface area contributed by atoms with Gasteiger partial charge in [-0.3, -0.25) is 4.79 Å². The monoisotopic (exact) mass is 312 g/mol. The fourth-order valence-corrected chi connectivity index (χ4v) is 1.95. The number of carbonyl (C=O) groups is 1. The van der Waals surface area contributed by atoms with Gasteiger partial charge in [0, 0.05) is 22.7 Å². The van der Waals surface area contributed by atoms with Crippen molar-refractivity contribution in [1.82, 2.24) is 10.6 Å². The maximum Gasteiger partial charge on any atom is 0.261 e. The maximum absolute atomic E-state index is 12.2. The molecule has 5 heteroatoms. The van der Waals surface area contributed by atoms with Gasteiger partial charge in [-0.2, -0.15) is 0 Å². The highest BCUT2D eigenvalue weighted by molar-refractivity contribution is 6.30. The predicted molar refractivity (Wildman–Crippen MR) is 86.8 cm³/mol. The number of amides is 1. The maximum atomic E-state index is 12.2. The number of rotatable bonds is 7. The minimum absolute atomic E-state index is 0.118. The minimum atomic E-state index is -0.562. The lowest BCUT2D eigenvalue weighted by Crippen LogP contribution is -2.48. The van der Waals surface area contributed by atoms with E-state index in [0.29, 0.717) is 17.3 Å². The van der Waals surface area contributed by atoms with Gasteiger partial charge in [0.05, 0.1) is 0 Å². The van der Waals surface area contributed by atoms with Gasteiger partial charge < -0.3 is 15.4 Å². The van der Waals surface area contributed by atoms with Gasteiger partial charge in [-0.1, -0.05) is 18.5 Å². The van der Waals surface area contributed by atoms with Crippen molar-refractivity contribution < 1.29 is 9.53 Å². The fraction of sp³-hybridized carbons (Fsp3) is 0.562. The molecule has 0 saturated heterocycles. The Morgan fingerprint density at radius 1 is 1.43 bits per heavy atom. The van der Waals surface area contributed by atoms with Crippen LogP contribution in [-0.2, 0) is 11.3 Å². The molecule has 0 radical (unpaired) electrons. The minimum Gasteiger partial charge on any atom is -0.481 e. The van der Waals surface area contributed by atoms with Crippen molar-refractivity contribution in [3.63, 3.8) is 0 Å². The van der Waals surface area contributed by atoms with Crippen LogP contribution in [-0.4, -0.2) is 24.6 Å². The molecule has 21 heavy (non-hydrogen) atoms. The second-order valence-electron chi connectivity index (χ2n) is 5.77. The van der Waals surface area contributed by atoms with Crippen LogP contribution in [0.1, 0.15) is 39.7 Å². The summed E-state index contributed by atoms with van der Waals surface area (Å²) in [5.74, 6) is 0.554. The summed E-state index contributed by atoms with van der Waals surface area (Å²) in [4.78, 5) is 12.2. The third kappa shape index (κ3) is 5.56. The molecule has 1 rings (SSSR count). The fourth-order valence-electron chi connectivity index (χ4n) is 1.76. The molecule has 1 atom stereocenters. The van der Waals surface area contributed by atoms with E-state index in [-0.39, 0.29) is 11.4 Å². The Labute approximate surface area is 132 Å². The molecule has 0 bridgehead atoms. The van der Waals surface area contributed by atoms with Crippen LogP contribution in [0.25, 0.3) is 0 Å². The van der Waals surface area contributed by atoms with Crippen LogP contribution < -0.4 is 15.4 Å². The van der Waals surface area contributed by atoms with E-state index in [1.165, 1.54) is 0 Å². The predicted octanol–water partition coefficient (Wildman–Crippen LogP) is 3.13. The largest absolute Gasteiger partial charge is 0.481 e. The number of ether oxygens (including phenoxy) is 1. The number of hydrogen-bond acceptors (Lipinski definition) is 3. The summed E-state index contributed by atoms with van der Waals surface area (Å²) in [5.41, 5.74) is 0.696. The molecule has 0 heterocycles. The first-order valence-electron chi connectivity index (χ1n) is 7.20. The van der Waals surface area contributed by atoms with E-state index in [1.807, 2.05) is 33.9 Å². The number of hydrogen-bond donors (Lipinski definition) is 2. The molecule has 1 unspecified atom stereocenters. The Kier molecular flexibility index (Phi) is 6.49. The summed E-state index contributed by atoms with van der Waals surface area (Å²) < 4.78 is 5.79. The lowest BCUT2D eigenvalue weighted by atomic mass is 10.0. The summed E-state index contributed by atoms with van der Waals surface area (Å²) in [6.45, 7) is 8.40. The summed E-state index contributed by atoms with van der Waals surface area (Å²) in [7, 11) is 1.85. The highest BCUT2D eigenvalue weighted by Crippen LogP contribution is 2.24. The SMILES string of the molecule is CCC(C)(C)NC(=O)C(C)Oc1ccc(Cl)cc1CNC. The molecule has 2 N–H and O–H groups in total. The van der Waals surface area contributed by atoms with Crippen molar-refractivity contribution in [3.8, 4) is 5.75 Å². The molecule has 1 aromatic carbocycles. The number of benzene rings is 1. The van der Waals surface area contributed by atoms with Gasteiger partial charge in [0.25, 0.3) is 5.91 Å². The first-order valence-corrected chi connectivity index (χ1v) is 7.58. The normalized spacial score (nSPS) is 12.9. The third-order valence-electron chi connectivity index (χ3n) is 3.41. The van der Waals surface area contributed by atoms with Crippen molar-refractivity contribution in [1.29, 1.82) is 0 Å². The van der Waals surface area contributed by atoms with E-state index in [4.69, 9.17) is 16.3 Å². The van der Waals surface area contributed by atoms with Crippen LogP contribution in [0, 0.1) is 0 Å². The molecule has 118 valence electrons. The molecule has 0 aliphatic rings. The van der Waals surface area contributed by atoms with Crippen molar-refractivity contribution in [3.05, 3.63) is 28.8 Å². The van der Waals surface area contributed by atoms with E-state index < -0.39 is 6.10 Å². The molecule has 0 fully saturated rings. The van der Waals surface area contributed by atoms with Gasteiger partial charge in [0.2, 0.25) is 0 Å². The average molecular weight is 313 g/mol. The van der Waals surface area contributed by atoms with E-state index >= 15 is 0 Å². The first kappa shape index (κ1) is 17.8. The Hall–Kier alpha value is -1.26. The lowest BCUT2D eigenvalue weighted by Gasteiger charge is -2.27. The van der Waals surface area contributed by atoms with Crippen LogP contribution in [0.15, 0.2) is 18.2 Å². The summed E-state index contributed by atoms with van der Waals surface area (Å²) in [5, 5.41) is 6.70. The van der Waals surface area contributed by atoms with Crippen LogP contribution in [0.3, 0.4) is 0 Å². The van der Waals surface area contributed by atoms with E-state index in [9.17, 15) is 4.79 Å². The number of carbonyl (C=O) groups excluding carboxylic acids is 1. The van der Waals surface area contributed by atoms with Crippen LogP contribution in [0.4, 0.5) is 0 Å². The molecular weight excluding hydrogens is 288 g/mol. The average Bonchev–Trinajstić information content (AvgIpc) is 2.41. The van der Waals surface area contributed by atoms with Gasteiger partial charge in [-0.25, -0.2) is 0 Å². The van der Waals surface area contributed by atoms with Gasteiger partial charge in [-0.15, -0.1) is 0 Å². The summed E-state index contributed by atoms with van der Waals surface area (Å²) in [6.07, 6.45) is 0.296. The molecule has 1 amide bonds. The third-order valence-corrected chi connectivity index (χ3v) is 3.64. The second kappa shape index (κ2) is 7.66. The zero-order valence-corrected chi connectivity index (χ0v) is 14.2. The number of halogens is 1. The molecule has 1 aromatic rings. The second-order valence-corrected chi connectivity index (χ2v) is 6.21. The van der Waals surface area contributed by atoms with E-state index in [2.05, 4.69) is 10.6 Å². The quantitative estimate of drug-likeness (QED) is 0.813. The smallest absolute Gasteiger partial charge is 0.261 e. The Bertz CT molecular complexity index is 489. The molecule has 0 saturated carbocycles. The van der Waals surface area contributed by atoms with E-state index in [1.54, 1.807) is 19.1 Å². The highest BCUT2D eigenvalue weighted by atomic mass is 35.5. The lowest BCUT2D eigenvalue weighted by molar-refractivity contribution is -0.129. The Morgan fingerprint density at radius 3 is 2.67 bits per heavy atom. The topological polar surface area (TPSA) is 50.4 Å². The Balaban J connectivity index is 2.78. The van der Waals surface area contributed by atoms with Crippen molar-refractivity contribution >= 4 is 17.5 Å². The molecule has 0 aliphatic carbocycles. The highest BCUT2D eigenvalue weighted by Gasteiger charge is 2.23. The van der Waals surface area contributed by atoms with E-state index in [0.717, 1.165) is 12.0 Å². The van der Waals surface area contributed by atoms with Crippen LogP contribution in [0.2, 0.25) is 5.02 Å². The molecular formula is C16H25ClN2O2. The standard InChI is InChI=1S/C16H25ClN2O2/c1-6-16(3,4)19-15(20)11(2)21-14-8-7-13(17)9-12(14)10-18-5/h7-9,11,18H,6,10H2,1-5H3,(H,19,20). The summed E-state index contributed by atoms with van der Waals surface area (Å²) >= 11 is 5.99. The summed E-state index contributed by atoms with van der Waals surface area (Å²) in [6, 6.07) is 5.40. The van der Waals surface area contributed by atoms with Crippen molar-refractivity contribution in [2.24, 2.45) is 0 Å². The van der Waals surface area contributed by atoms with Gasteiger partial charge in [-0.05, 0) is 52.4 Å². The molecule has 0 aliphatic heterocycles. The zero-order valence-electron chi connectivity index (χ0n) is 13.4. The van der Waals surface area contributed by atoms with Gasteiger partial charge in [0.1, 0.15) is 5.75 Å². The van der Waals surface area contributed by atoms with Crippen LogP contribution in [0.5, 0.6) is 5.75 Å². The first-order chi connectivity index (χ1) is 9.79.